The molecule has 8 aliphatic rings. The second-order valence-electron chi connectivity index (χ2n) is 19.4. The number of carbonyl (C=O) groups is 2. The molecule has 5 aliphatic carbocycles. The minimum Gasteiger partial charge on any atom is -0.481 e. The van der Waals surface area contributed by atoms with Gasteiger partial charge >= 0.3 is 5.97 Å². The third-order valence-corrected chi connectivity index (χ3v) is 16.9. The van der Waals surface area contributed by atoms with Gasteiger partial charge in [-0.1, -0.05) is 83.8 Å². The second kappa shape index (κ2) is 14.8. The number of hydrogen-bond acceptors (Lipinski definition) is 6. The van der Waals surface area contributed by atoms with Gasteiger partial charge in [-0.05, 0) is 119 Å². The van der Waals surface area contributed by atoms with Gasteiger partial charge in [-0.2, -0.15) is 0 Å². The Hall–Kier alpha value is -1.28. The Morgan fingerprint density at radius 3 is 2.12 bits per heavy atom. The van der Waals surface area contributed by atoms with Crippen molar-refractivity contribution < 1.29 is 19.4 Å². The predicted molar refractivity (Wildman–Crippen MR) is 202 cm³/mol. The van der Waals surface area contributed by atoms with Crippen LogP contribution in [0.5, 0.6) is 0 Å². The zero-order valence-corrected chi connectivity index (χ0v) is 32.5. The third kappa shape index (κ3) is 5.86. The maximum Gasteiger partial charge on any atom is 0.315 e. The summed E-state index contributed by atoms with van der Waals surface area (Å²) < 4.78 is 7.68. The van der Waals surface area contributed by atoms with Crippen molar-refractivity contribution in [1.82, 2.24) is 14.7 Å². The maximum atomic E-state index is 14.3. The zero-order valence-electron chi connectivity index (χ0n) is 32.5. The number of carbonyl (C=O) groups excluding carboxylic acids is 1. The molecule has 3 unspecified atom stereocenters. The number of fused-ring (bicyclic) bond motifs is 2. The molecule has 0 aromatic carbocycles. The first kappa shape index (κ1) is 36.7. The summed E-state index contributed by atoms with van der Waals surface area (Å²) in [4.78, 5) is 36.3. The molecule has 3 saturated heterocycles. The summed E-state index contributed by atoms with van der Waals surface area (Å²) in [6.45, 7) is 17.1. The van der Waals surface area contributed by atoms with E-state index in [0.717, 1.165) is 64.0 Å². The Morgan fingerprint density at radius 1 is 0.902 bits per heavy atom. The normalized spacial score (nSPS) is 43.2. The highest BCUT2D eigenvalue weighted by Crippen LogP contribution is 2.84. The highest BCUT2D eigenvalue weighted by Gasteiger charge is 2.86. The number of likely N-dealkylation sites (tertiary alicyclic amines) is 2. The van der Waals surface area contributed by atoms with Crippen LogP contribution in [0.25, 0.3) is 0 Å². The fraction of sp³-hybridized carbons (Fsp3) is 0.909. The molecule has 0 aromatic heterocycles. The number of piperidine rings is 2. The standard InChI is InChI=1S/C44H71N3O4/c1-31(2)38-25-34-27-42(30-48)37-16-15-32(3)36(37)28-43(34,44(38,42)41(49)50)40-26-35(33-13-7-4-8-14-33)39(51-40)29-47(23-21-45-17-9-5-10-18-45)24-22-46-19-11-6-12-20-46/h25,30-37,39-40H,4-24,26-29H2,1-3H3,(H,49,50)/t32-,34?,35+,36-,37-,39+,40-,42?,43?,44+/m1/s1. The number of hydrogen-bond donors (Lipinski definition) is 1. The molecule has 10 atom stereocenters. The molecule has 51 heavy (non-hydrogen) atoms. The summed E-state index contributed by atoms with van der Waals surface area (Å²) in [6, 6.07) is 0. The number of ether oxygens (including phenoxy) is 1. The van der Waals surface area contributed by atoms with Crippen LogP contribution >= 0.6 is 0 Å². The van der Waals surface area contributed by atoms with Gasteiger partial charge in [0.05, 0.1) is 17.6 Å². The van der Waals surface area contributed by atoms with E-state index < -0.39 is 22.2 Å². The van der Waals surface area contributed by atoms with Gasteiger partial charge in [0.15, 0.2) is 0 Å². The van der Waals surface area contributed by atoms with E-state index >= 15 is 0 Å². The van der Waals surface area contributed by atoms with E-state index in [-0.39, 0.29) is 30.0 Å². The number of aldehydes is 1. The molecule has 7 nitrogen and oxygen atoms in total. The van der Waals surface area contributed by atoms with Crippen LogP contribution in [0.1, 0.15) is 124 Å². The highest BCUT2D eigenvalue weighted by atomic mass is 16.5. The summed E-state index contributed by atoms with van der Waals surface area (Å²) in [7, 11) is 0. The molecule has 3 heterocycles. The predicted octanol–water partition coefficient (Wildman–Crippen LogP) is 7.54. The zero-order chi connectivity index (χ0) is 35.4. The third-order valence-electron chi connectivity index (χ3n) is 16.9. The molecule has 4 bridgehead atoms. The van der Waals surface area contributed by atoms with Crippen LogP contribution in [0.15, 0.2) is 11.6 Å². The topological polar surface area (TPSA) is 73.3 Å². The van der Waals surface area contributed by atoms with Crippen LogP contribution in [-0.2, 0) is 14.3 Å². The number of aliphatic carboxylic acids is 1. The Bertz CT molecular complexity index is 1260. The Labute approximate surface area is 309 Å². The van der Waals surface area contributed by atoms with E-state index in [4.69, 9.17) is 4.74 Å². The van der Waals surface area contributed by atoms with Gasteiger partial charge in [-0.15, -0.1) is 0 Å². The Kier molecular flexibility index (Phi) is 10.6. The van der Waals surface area contributed by atoms with Crippen LogP contribution in [0.2, 0.25) is 0 Å². The number of carboxylic acid groups (broad SMARTS) is 1. The maximum absolute atomic E-state index is 14.3. The first-order valence-corrected chi connectivity index (χ1v) is 22.0. The lowest BCUT2D eigenvalue weighted by Gasteiger charge is -2.60. The molecule has 0 aromatic rings. The van der Waals surface area contributed by atoms with Gasteiger partial charge in [-0.3, -0.25) is 9.69 Å². The van der Waals surface area contributed by atoms with Gasteiger partial charge in [0.2, 0.25) is 0 Å². The molecule has 286 valence electrons. The van der Waals surface area contributed by atoms with Crippen molar-refractivity contribution in [3.63, 3.8) is 0 Å². The number of carboxylic acids is 1. The first-order chi connectivity index (χ1) is 24.7. The summed E-state index contributed by atoms with van der Waals surface area (Å²) in [5.74, 6) is 1.73. The lowest BCUT2D eigenvalue weighted by atomic mass is 9.41. The van der Waals surface area contributed by atoms with Crippen molar-refractivity contribution in [2.45, 2.75) is 136 Å². The largest absolute Gasteiger partial charge is 0.481 e. The van der Waals surface area contributed by atoms with Crippen LogP contribution in [0.4, 0.5) is 0 Å². The van der Waals surface area contributed by atoms with Crippen molar-refractivity contribution in [3.05, 3.63) is 11.6 Å². The van der Waals surface area contributed by atoms with Crippen LogP contribution in [0, 0.1) is 57.7 Å². The first-order valence-electron chi connectivity index (χ1n) is 22.0. The van der Waals surface area contributed by atoms with Gasteiger partial charge in [0.1, 0.15) is 11.7 Å². The molecule has 0 spiro atoms. The fourth-order valence-electron chi connectivity index (χ4n) is 14.7. The molecule has 4 saturated carbocycles. The van der Waals surface area contributed by atoms with Crippen LogP contribution in [-0.4, -0.2) is 103 Å². The SMILES string of the molecule is CC(C)C1=CC2CC3(C=O)[C@@H]4CC[C@@H](C)[C@H]4CC2([C@H]2C[C@@H](C4CCCCC4)[C@H](CN(CCN4CCCCC4)CCN4CCCCC4)O2)[C@]13C(=O)O. The van der Waals surface area contributed by atoms with Crippen molar-refractivity contribution in [3.8, 4) is 0 Å². The average molecular weight is 706 g/mol. The van der Waals surface area contributed by atoms with Crippen molar-refractivity contribution in [2.75, 3.05) is 58.9 Å². The van der Waals surface area contributed by atoms with E-state index in [9.17, 15) is 14.7 Å². The highest BCUT2D eigenvalue weighted by molar-refractivity contribution is 5.90. The average Bonchev–Trinajstić information content (AvgIpc) is 3.87. The number of rotatable bonds is 13. The number of nitrogens with zero attached hydrogens (tertiary/aromatic N) is 3. The quantitative estimate of drug-likeness (QED) is 0.157. The number of allylic oxidation sites excluding steroid dienone is 1. The Balaban J connectivity index is 1.13. The van der Waals surface area contributed by atoms with E-state index in [2.05, 4.69) is 41.5 Å². The monoisotopic (exact) mass is 706 g/mol. The smallest absolute Gasteiger partial charge is 0.315 e. The summed E-state index contributed by atoms with van der Waals surface area (Å²) >= 11 is 0. The minimum absolute atomic E-state index is 0.104. The van der Waals surface area contributed by atoms with Crippen LogP contribution in [0.3, 0.4) is 0 Å². The molecule has 7 heteroatoms. The Morgan fingerprint density at radius 2 is 1.53 bits per heavy atom. The molecule has 3 aliphatic heterocycles. The molecule has 7 fully saturated rings. The van der Waals surface area contributed by atoms with Gasteiger partial charge in [0, 0.05) is 38.1 Å². The lowest BCUT2D eigenvalue weighted by Crippen LogP contribution is -2.65. The van der Waals surface area contributed by atoms with Gasteiger partial charge in [0.25, 0.3) is 0 Å². The summed E-state index contributed by atoms with van der Waals surface area (Å²) in [5, 5.41) is 11.8. The van der Waals surface area contributed by atoms with E-state index in [0.29, 0.717) is 30.1 Å². The molecule has 1 N–H and O–H groups in total. The fourth-order valence-corrected chi connectivity index (χ4v) is 14.7. The van der Waals surface area contributed by atoms with Gasteiger partial charge < -0.3 is 24.4 Å². The molecule has 8 rings (SSSR count). The van der Waals surface area contributed by atoms with Crippen LogP contribution < -0.4 is 0 Å². The van der Waals surface area contributed by atoms with Crippen molar-refractivity contribution in [1.29, 1.82) is 0 Å². The summed E-state index contributed by atoms with van der Waals surface area (Å²) in [6.07, 6.45) is 22.9. The van der Waals surface area contributed by atoms with Crippen molar-refractivity contribution in [2.24, 2.45) is 57.7 Å². The molecular weight excluding hydrogens is 635 g/mol. The molecule has 0 amide bonds. The van der Waals surface area contributed by atoms with Crippen molar-refractivity contribution >= 4 is 12.3 Å². The van der Waals surface area contributed by atoms with E-state index in [1.807, 2.05) is 0 Å². The van der Waals surface area contributed by atoms with E-state index in [1.165, 1.54) is 103 Å². The van der Waals surface area contributed by atoms with Gasteiger partial charge in [-0.25, -0.2) is 0 Å². The lowest BCUT2D eigenvalue weighted by molar-refractivity contribution is -0.197. The van der Waals surface area contributed by atoms with E-state index in [1.54, 1.807) is 0 Å². The molecule has 0 radical (unpaired) electrons. The second-order valence-corrected chi connectivity index (χ2v) is 19.4. The summed E-state index contributed by atoms with van der Waals surface area (Å²) in [5.41, 5.74) is -1.44. The minimum atomic E-state index is -1.15. The molecular formula is C44H71N3O4.